The van der Waals surface area contributed by atoms with E-state index in [-0.39, 0.29) is 23.9 Å². The van der Waals surface area contributed by atoms with Gasteiger partial charge in [-0.2, -0.15) is 0 Å². The number of rotatable bonds is 4. The van der Waals surface area contributed by atoms with Gasteiger partial charge in [0.25, 0.3) is 0 Å². The second-order valence-electron chi connectivity index (χ2n) is 5.86. The Morgan fingerprint density at radius 2 is 2.36 bits per heavy atom. The molecule has 2 amide bonds. The van der Waals surface area contributed by atoms with Gasteiger partial charge in [-0.1, -0.05) is 12.1 Å². The zero-order valence-corrected chi connectivity index (χ0v) is 12.6. The maximum absolute atomic E-state index is 12.1. The minimum atomic E-state index is -0.0852. The molecule has 0 bridgehead atoms. The fourth-order valence-electron chi connectivity index (χ4n) is 2.88. The first-order valence-electron chi connectivity index (χ1n) is 7.65. The van der Waals surface area contributed by atoms with E-state index in [1.165, 1.54) is 0 Å². The number of nitrogens with one attached hydrogen (secondary N) is 3. The van der Waals surface area contributed by atoms with Crippen LogP contribution in [0.1, 0.15) is 30.5 Å². The predicted octanol–water partition coefficient (Wildman–Crippen LogP) is 0.737. The molecule has 6 heteroatoms. The van der Waals surface area contributed by atoms with Gasteiger partial charge in [-0.05, 0) is 24.1 Å². The van der Waals surface area contributed by atoms with E-state index in [9.17, 15) is 9.59 Å². The number of anilines is 1. The Morgan fingerprint density at radius 1 is 1.50 bits per heavy atom. The van der Waals surface area contributed by atoms with Crippen LogP contribution in [0.3, 0.4) is 0 Å². The number of fused-ring (bicyclic) bond motifs is 1. The summed E-state index contributed by atoms with van der Waals surface area (Å²) in [6.07, 6.45) is 0.822. The van der Waals surface area contributed by atoms with Crippen molar-refractivity contribution in [3.8, 4) is 0 Å². The Hall–Kier alpha value is -1.92. The summed E-state index contributed by atoms with van der Waals surface area (Å²) in [7, 11) is 0. The van der Waals surface area contributed by atoms with Gasteiger partial charge in [0.15, 0.2) is 0 Å². The van der Waals surface area contributed by atoms with E-state index >= 15 is 0 Å². The van der Waals surface area contributed by atoms with Crippen molar-refractivity contribution in [3.05, 3.63) is 29.3 Å². The Kier molecular flexibility index (Phi) is 4.40. The first kappa shape index (κ1) is 15.0. The van der Waals surface area contributed by atoms with E-state index in [0.29, 0.717) is 26.1 Å². The minimum absolute atomic E-state index is 0.00481. The van der Waals surface area contributed by atoms with Crippen molar-refractivity contribution in [1.82, 2.24) is 10.6 Å². The molecule has 1 aromatic carbocycles. The molecule has 1 fully saturated rings. The third-order valence-corrected chi connectivity index (χ3v) is 4.06. The van der Waals surface area contributed by atoms with Crippen LogP contribution in [0.4, 0.5) is 5.69 Å². The highest BCUT2D eigenvalue weighted by molar-refractivity contribution is 5.99. The summed E-state index contributed by atoms with van der Waals surface area (Å²) in [5, 5.41) is 9.09. The van der Waals surface area contributed by atoms with Crippen LogP contribution in [-0.2, 0) is 20.7 Å². The van der Waals surface area contributed by atoms with Gasteiger partial charge in [0.1, 0.15) is 0 Å². The third kappa shape index (κ3) is 3.45. The quantitative estimate of drug-likeness (QED) is 0.766. The Morgan fingerprint density at radius 3 is 3.14 bits per heavy atom. The Balaban J connectivity index is 1.57. The van der Waals surface area contributed by atoms with Crippen LogP contribution >= 0.6 is 0 Å². The highest BCUT2D eigenvalue weighted by atomic mass is 16.5. The van der Waals surface area contributed by atoms with Gasteiger partial charge >= 0.3 is 0 Å². The van der Waals surface area contributed by atoms with E-state index in [1.807, 2.05) is 25.1 Å². The summed E-state index contributed by atoms with van der Waals surface area (Å²) >= 11 is 0. The Bertz CT molecular complexity index is 582. The van der Waals surface area contributed by atoms with E-state index in [4.69, 9.17) is 4.74 Å². The average Bonchev–Trinajstić information content (AvgIpc) is 2.87. The summed E-state index contributed by atoms with van der Waals surface area (Å²) in [6.45, 7) is 4.03. The highest BCUT2D eigenvalue weighted by Gasteiger charge is 2.21. The number of hydrogen-bond acceptors (Lipinski definition) is 4. The molecule has 2 aliphatic rings. The molecule has 0 aliphatic carbocycles. The molecule has 0 aromatic heterocycles. The van der Waals surface area contributed by atoms with Gasteiger partial charge in [0.2, 0.25) is 11.8 Å². The van der Waals surface area contributed by atoms with Crippen molar-refractivity contribution >= 4 is 17.5 Å². The SMILES string of the molecule is CC(NC(=O)CC1COCCN1)c1ccc2c(c1)CC(=O)N2. The zero-order valence-electron chi connectivity index (χ0n) is 12.6. The number of amides is 2. The lowest BCUT2D eigenvalue weighted by atomic mass is 10.0. The first-order chi connectivity index (χ1) is 10.6. The minimum Gasteiger partial charge on any atom is -0.378 e. The van der Waals surface area contributed by atoms with Gasteiger partial charge in [-0.25, -0.2) is 0 Å². The van der Waals surface area contributed by atoms with Crippen LogP contribution in [0.5, 0.6) is 0 Å². The van der Waals surface area contributed by atoms with Crippen molar-refractivity contribution in [1.29, 1.82) is 0 Å². The lowest BCUT2D eigenvalue weighted by Crippen LogP contribution is -2.44. The molecule has 2 atom stereocenters. The summed E-state index contributed by atoms with van der Waals surface area (Å²) in [4.78, 5) is 23.5. The van der Waals surface area contributed by atoms with E-state index in [2.05, 4.69) is 16.0 Å². The number of carbonyl (C=O) groups excluding carboxylic acids is 2. The summed E-state index contributed by atoms with van der Waals surface area (Å²) in [5.41, 5.74) is 2.87. The first-order valence-corrected chi connectivity index (χ1v) is 7.65. The van der Waals surface area contributed by atoms with E-state index < -0.39 is 0 Å². The number of carbonyl (C=O) groups is 2. The van der Waals surface area contributed by atoms with Crippen molar-refractivity contribution in [2.45, 2.75) is 31.8 Å². The van der Waals surface area contributed by atoms with Gasteiger partial charge in [-0.3, -0.25) is 9.59 Å². The molecule has 22 heavy (non-hydrogen) atoms. The van der Waals surface area contributed by atoms with Crippen LogP contribution in [0.2, 0.25) is 0 Å². The molecule has 2 aliphatic heterocycles. The molecule has 3 N–H and O–H groups in total. The van der Waals surface area contributed by atoms with E-state index in [0.717, 1.165) is 23.4 Å². The number of morpholine rings is 1. The molecule has 0 saturated carbocycles. The predicted molar refractivity (Wildman–Crippen MR) is 82.6 cm³/mol. The number of ether oxygens (including phenoxy) is 1. The van der Waals surface area contributed by atoms with E-state index in [1.54, 1.807) is 0 Å². The standard InChI is InChI=1S/C16H21N3O3/c1-10(18-16(21)8-13-9-22-5-4-17-13)11-2-3-14-12(6-11)7-15(20)19-14/h2-3,6,10,13,17H,4-5,7-9H2,1H3,(H,18,21)(H,19,20). The molecule has 3 rings (SSSR count). The highest BCUT2D eigenvalue weighted by Crippen LogP contribution is 2.26. The topological polar surface area (TPSA) is 79.5 Å². The molecule has 118 valence electrons. The second-order valence-corrected chi connectivity index (χ2v) is 5.86. The molecular formula is C16H21N3O3. The molecule has 2 heterocycles. The van der Waals surface area contributed by atoms with Crippen molar-refractivity contribution in [2.75, 3.05) is 25.1 Å². The second kappa shape index (κ2) is 6.46. The maximum Gasteiger partial charge on any atom is 0.228 e. The molecular weight excluding hydrogens is 282 g/mol. The lowest BCUT2D eigenvalue weighted by molar-refractivity contribution is -0.123. The molecule has 1 saturated heterocycles. The fourth-order valence-corrected chi connectivity index (χ4v) is 2.88. The molecule has 0 radical (unpaired) electrons. The van der Waals surface area contributed by atoms with Crippen LogP contribution < -0.4 is 16.0 Å². The summed E-state index contributed by atoms with van der Waals surface area (Å²) in [6, 6.07) is 5.83. The fraction of sp³-hybridized carbons (Fsp3) is 0.500. The summed E-state index contributed by atoms with van der Waals surface area (Å²) < 4.78 is 5.35. The molecule has 2 unspecified atom stereocenters. The third-order valence-electron chi connectivity index (χ3n) is 4.06. The largest absolute Gasteiger partial charge is 0.378 e. The molecule has 6 nitrogen and oxygen atoms in total. The van der Waals surface area contributed by atoms with Crippen LogP contribution in [0, 0.1) is 0 Å². The summed E-state index contributed by atoms with van der Waals surface area (Å²) in [5.74, 6) is 0.0254. The number of benzene rings is 1. The van der Waals surface area contributed by atoms with Gasteiger partial charge in [0, 0.05) is 24.7 Å². The van der Waals surface area contributed by atoms with Crippen LogP contribution in [0.15, 0.2) is 18.2 Å². The monoisotopic (exact) mass is 303 g/mol. The van der Waals surface area contributed by atoms with Crippen molar-refractivity contribution in [2.24, 2.45) is 0 Å². The van der Waals surface area contributed by atoms with Crippen LogP contribution in [0.25, 0.3) is 0 Å². The maximum atomic E-state index is 12.1. The molecule has 1 aromatic rings. The van der Waals surface area contributed by atoms with Gasteiger partial charge in [-0.15, -0.1) is 0 Å². The van der Waals surface area contributed by atoms with Crippen molar-refractivity contribution < 1.29 is 14.3 Å². The average molecular weight is 303 g/mol. The number of hydrogen-bond donors (Lipinski definition) is 3. The van der Waals surface area contributed by atoms with Gasteiger partial charge in [0.05, 0.1) is 25.7 Å². The molecule has 0 spiro atoms. The Labute approximate surface area is 129 Å². The lowest BCUT2D eigenvalue weighted by Gasteiger charge is -2.24. The zero-order chi connectivity index (χ0) is 15.5. The van der Waals surface area contributed by atoms with Gasteiger partial charge < -0.3 is 20.7 Å². The van der Waals surface area contributed by atoms with Crippen LogP contribution in [-0.4, -0.2) is 37.6 Å². The smallest absolute Gasteiger partial charge is 0.228 e. The normalized spacial score (nSPS) is 21.9. The van der Waals surface area contributed by atoms with Crippen molar-refractivity contribution in [3.63, 3.8) is 0 Å².